The first-order valence-electron chi connectivity index (χ1n) is 4.61. The normalized spacial score (nSPS) is 22.3. The van der Waals surface area contributed by atoms with E-state index >= 15 is 0 Å². The maximum absolute atomic E-state index is 11.3. The van der Waals surface area contributed by atoms with Crippen LogP contribution in [0.4, 0.5) is 0 Å². The number of halogens is 3. The van der Waals surface area contributed by atoms with Gasteiger partial charge in [-0.05, 0) is 0 Å². The van der Waals surface area contributed by atoms with Crippen LogP contribution in [0.25, 0.3) is 0 Å². The van der Waals surface area contributed by atoms with Crippen molar-refractivity contribution in [3.05, 3.63) is 0 Å². The molecule has 1 unspecified atom stereocenters. The molecule has 0 amide bonds. The van der Waals surface area contributed by atoms with Gasteiger partial charge in [-0.2, -0.15) is 0 Å². The molecule has 0 aliphatic carbocycles. The summed E-state index contributed by atoms with van der Waals surface area (Å²) in [5.74, 6) is 0.247. The third kappa shape index (κ3) is 8.26. The van der Waals surface area contributed by atoms with E-state index in [0.29, 0.717) is 0 Å². The molecule has 1 saturated heterocycles. The molecule has 0 aromatic carbocycles. The molecule has 2 N–H and O–H groups in total. The van der Waals surface area contributed by atoms with Crippen molar-refractivity contribution in [2.75, 3.05) is 32.7 Å². The van der Waals surface area contributed by atoms with Crippen molar-refractivity contribution in [3.63, 3.8) is 0 Å². The van der Waals surface area contributed by atoms with Crippen LogP contribution in [0.3, 0.4) is 0 Å². The molecule has 1 aliphatic heterocycles. The molecule has 1 fully saturated rings. The molecule has 16 heavy (non-hydrogen) atoms. The summed E-state index contributed by atoms with van der Waals surface area (Å²) in [5, 5.41) is 6.57. The van der Waals surface area contributed by atoms with Gasteiger partial charge in [0.15, 0.2) is 0 Å². The van der Waals surface area contributed by atoms with Crippen LogP contribution in [0.5, 0.6) is 0 Å². The SMILES string of the molecule is CC(=O)C1CNCCNCC[N]1[Ti+3].[Cl-].[Cl-].[Cl-]. The van der Waals surface area contributed by atoms with Crippen LogP contribution in [0.1, 0.15) is 6.92 Å². The van der Waals surface area contributed by atoms with Crippen LogP contribution in [0.2, 0.25) is 0 Å². The van der Waals surface area contributed by atoms with Crippen LogP contribution in [0.15, 0.2) is 0 Å². The standard InChI is InChI=1S/C8H16N3O.3ClH.Ti/c1-7(12)8-6-10-3-2-9-4-5-11-8;;;;/h8-10H,2-6H2,1H3;3*1H;/q-1;;;;+4/p-3. The fourth-order valence-corrected chi connectivity index (χ4v) is 1.97. The summed E-state index contributed by atoms with van der Waals surface area (Å²) in [5.41, 5.74) is 0. The minimum atomic E-state index is 0. The number of Topliss-reactive ketones (excluding diaryl/α,β-unsaturated/α-hetero) is 1. The molecular formula is C8H16Cl3N3OTi. The van der Waals surface area contributed by atoms with Crippen LogP contribution in [0, 0.1) is 0 Å². The predicted octanol–water partition coefficient (Wildman–Crippen LogP) is -10.1. The van der Waals surface area contributed by atoms with Crippen molar-refractivity contribution >= 4 is 5.78 Å². The molecule has 0 radical (unpaired) electrons. The Morgan fingerprint density at radius 2 is 1.75 bits per heavy atom. The van der Waals surface area contributed by atoms with Crippen molar-refractivity contribution in [2.24, 2.45) is 0 Å². The van der Waals surface area contributed by atoms with E-state index in [2.05, 4.69) is 14.0 Å². The van der Waals surface area contributed by atoms with Gasteiger partial charge in [0, 0.05) is 0 Å². The van der Waals surface area contributed by atoms with Gasteiger partial charge in [-0.1, -0.05) is 0 Å². The zero-order chi connectivity index (χ0) is 9.68. The molecule has 4 nitrogen and oxygen atoms in total. The molecule has 1 heterocycles. The summed E-state index contributed by atoms with van der Waals surface area (Å²) < 4.78 is 2.10. The Labute approximate surface area is 128 Å². The molecule has 0 saturated carbocycles. The van der Waals surface area contributed by atoms with Gasteiger partial charge in [0.1, 0.15) is 0 Å². The molecule has 0 aromatic heterocycles. The Morgan fingerprint density at radius 1 is 1.19 bits per heavy atom. The Kier molecular flexibility index (Phi) is 17.6. The third-order valence-corrected chi connectivity index (χ3v) is 3.03. The summed E-state index contributed by atoms with van der Waals surface area (Å²) in [6.07, 6.45) is 0. The number of nitrogens with one attached hydrogen (secondary N) is 2. The van der Waals surface area contributed by atoms with E-state index in [1.165, 1.54) is 0 Å². The molecule has 0 aromatic rings. The molecule has 1 aliphatic rings. The monoisotopic (exact) mass is 323 g/mol. The molecule has 0 bridgehead atoms. The topological polar surface area (TPSA) is 44.4 Å². The molecule has 1 rings (SSSR count). The number of carbonyl (C=O) groups is 1. The fourth-order valence-electron chi connectivity index (χ4n) is 1.37. The Hall–Kier alpha value is 1.13. The minimum absolute atomic E-state index is 0. The summed E-state index contributed by atoms with van der Waals surface area (Å²) in [7, 11) is 0. The minimum Gasteiger partial charge on any atom is -1.00 e. The van der Waals surface area contributed by atoms with Crippen LogP contribution >= 0.6 is 0 Å². The van der Waals surface area contributed by atoms with Gasteiger partial charge in [-0.25, -0.2) is 0 Å². The van der Waals surface area contributed by atoms with Crippen LogP contribution in [-0.4, -0.2) is 47.9 Å². The second-order valence-electron chi connectivity index (χ2n) is 3.27. The number of hydrogen-bond donors (Lipinski definition) is 2. The van der Waals surface area contributed by atoms with Gasteiger partial charge in [0.25, 0.3) is 0 Å². The summed E-state index contributed by atoms with van der Waals surface area (Å²) in [6, 6.07) is 0.0416. The van der Waals surface area contributed by atoms with E-state index in [0.717, 1.165) is 32.7 Å². The number of ketones is 1. The first kappa shape index (κ1) is 22.3. The number of rotatable bonds is 1. The molecular weight excluding hydrogens is 308 g/mol. The van der Waals surface area contributed by atoms with E-state index in [1.807, 2.05) is 20.7 Å². The second-order valence-corrected chi connectivity index (χ2v) is 4.17. The van der Waals surface area contributed by atoms with Gasteiger partial charge in [-0.3, -0.25) is 0 Å². The average molecular weight is 324 g/mol. The van der Waals surface area contributed by atoms with Crippen molar-refractivity contribution in [1.29, 1.82) is 0 Å². The van der Waals surface area contributed by atoms with Gasteiger partial charge in [0.2, 0.25) is 0 Å². The number of nitrogens with zero attached hydrogens (tertiary/aromatic N) is 1. The van der Waals surface area contributed by atoms with Crippen molar-refractivity contribution in [1.82, 2.24) is 14.0 Å². The van der Waals surface area contributed by atoms with Crippen molar-refractivity contribution < 1.29 is 62.7 Å². The Balaban J connectivity index is -0.000000563. The van der Waals surface area contributed by atoms with E-state index in [-0.39, 0.29) is 49.0 Å². The van der Waals surface area contributed by atoms with Gasteiger partial charge in [0.05, 0.1) is 0 Å². The van der Waals surface area contributed by atoms with Crippen LogP contribution in [-0.2, 0) is 25.5 Å². The van der Waals surface area contributed by atoms with Gasteiger partial charge >= 0.3 is 91.0 Å². The van der Waals surface area contributed by atoms with Crippen molar-refractivity contribution in [3.8, 4) is 0 Å². The third-order valence-electron chi connectivity index (χ3n) is 2.19. The number of carbonyl (C=O) groups excluding carboxylic acids is 1. The first-order chi connectivity index (χ1) is 6.22. The summed E-state index contributed by atoms with van der Waals surface area (Å²) >= 11 is 2.00. The predicted molar refractivity (Wildman–Crippen MR) is 46.9 cm³/mol. The second kappa shape index (κ2) is 12.6. The molecule has 8 heteroatoms. The zero-order valence-electron chi connectivity index (χ0n) is 9.10. The average Bonchev–Trinajstić information content (AvgIpc) is 2.16. The van der Waals surface area contributed by atoms with Crippen LogP contribution < -0.4 is 47.9 Å². The Bertz CT molecular complexity index is 188. The van der Waals surface area contributed by atoms with Gasteiger partial charge in [-0.15, -0.1) is 0 Å². The Morgan fingerprint density at radius 3 is 2.31 bits per heavy atom. The molecule has 1 atom stereocenters. The molecule has 94 valence electrons. The fraction of sp³-hybridized carbons (Fsp3) is 0.875. The zero-order valence-corrected chi connectivity index (χ0v) is 12.9. The first-order valence-corrected chi connectivity index (χ1v) is 5.31. The maximum Gasteiger partial charge on any atom is -1.00 e. The number of hydrogen-bond acceptors (Lipinski definition) is 4. The van der Waals surface area contributed by atoms with E-state index in [1.54, 1.807) is 6.92 Å². The van der Waals surface area contributed by atoms with Crippen molar-refractivity contribution in [2.45, 2.75) is 13.0 Å². The smallest absolute Gasteiger partial charge is 1.00 e. The maximum atomic E-state index is 11.3. The largest absolute Gasteiger partial charge is 1.00 e. The van der Waals surface area contributed by atoms with E-state index in [4.69, 9.17) is 0 Å². The van der Waals surface area contributed by atoms with Gasteiger partial charge < -0.3 is 37.2 Å². The summed E-state index contributed by atoms with van der Waals surface area (Å²) in [6.45, 7) is 6.26. The van der Waals surface area contributed by atoms with E-state index in [9.17, 15) is 4.79 Å². The molecule has 0 spiro atoms. The summed E-state index contributed by atoms with van der Waals surface area (Å²) in [4.78, 5) is 11.3. The quantitative estimate of drug-likeness (QED) is 0.470. The van der Waals surface area contributed by atoms with E-state index < -0.39 is 0 Å².